The first kappa shape index (κ1) is 12.9. The van der Waals surface area contributed by atoms with Gasteiger partial charge in [0.1, 0.15) is 7.85 Å². The zero-order valence-corrected chi connectivity index (χ0v) is 11.8. The van der Waals surface area contributed by atoms with E-state index >= 15 is 0 Å². The van der Waals surface area contributed by atoms with Gasteiger partial charge in [-0.2, -0.15) is 0 Å². The molecule has 2 radical (unpaired) electrons. The highest BCUT2D eigenvalue weighted by atomic mass is 16.3. The third-order valence-corrected chi connectivity index (χ3v) is 3.97. The Morgan fingerprint density at radius 2 is 2.00 bits per heavy atom. The molecule has 5 heteroatoms. The Bertz CT molecular complexity index is 1080. The Labute approximate surface area is 127 Å². The fourth-order valence-electron chi connectivity index (χ4n) is 3.04. The molecule has 4 rings (SSSR count). The van der Waals surface area contributed by atoms with Crippen molar-refractivity contribution in [2.75, 3.05) is 0 Å². The van der Waals surface area contributed by atoms with Crippen molar-refractivity contribution in [3.63, 3.8) is 0 Å². The second kappa shape index (κ2) is 4.34. The Morgan fingerprint density at radius 3 is 2.82 bits per heavy atom. The van der Waals surface area contributed by atoms with Crippen LogP contribution in [0.4, 0.5) is 0 Å². The fraction of sp³-hybridized carbons (Fsp3) is 0.0588. The summed E-state index contributed by atoms with van der Waals surface area (Å²) < 4.78 is 0. The third-order valence-electron chi connectivity index (χ3n) is 3.97. The first-order valence-corrected chi connectivity index (χ1v) is 6.90. The van der Waals surface area contributed by atoms with Crippen molar-refractivity contribution in [2.24, 2.45) is 4.99 Å². The van der Waals surface area contributed by atoms with E-state index in [-0.39, 0.29) is 11.8 Å². The Hall–Kier alpha value is -2.82. The molecule has 3 aromatic rings. The lowest BCUT2D eigenvalue weighted by molar-refractivity contribution is -0.112. The average molecular weight is 286 g/mol. The average Bonchev–Trinajstić information content (AvgIpc) is 2.95. The summed E-state index contributed by atoms with van der Waals surface area (Å²) in [7, 11) is 5.92. The maximum absolute atomic E-state index is 12.3. The number of H-pyrrole nitrogens is 1. The number of hydrogen-bond acceptors (Lipinski definition) is 2. The standard InChI is InChI=1S/C17H11BN2O2/c1-8-6-9(18)7-11-14(17(22)20-15(8)11)13-10-4-2-3-5-12(10)19-16(13)21/h2-7,20,22H,1H3. The van der Waals surface area contributed by atoms with Crippen molar-refractivity contribution in [2.45, 2.75) is 6.92 Å². The lowest BCUT2D eigenvalue weighted by Crippen LogP contribution is -2.22. The minimum Gasteiger partial charge on any atom is -0.494 e. The number of fused-ring (bicyclic) bond motifs is 2. The molecule has 22 heavy (non-hydrogen) atoms. The second-order valence-corrected chi connectivity index (χ2v) is 5.42. The normalized spacial score (nSPS) is 13.5. The van der Waals surface area contributed by atoms with Crippen LogP contribution in [0.15, 0.2) is 41.4 Å². The van der Waals surface area contributed by atoms with Crippen LogP contribution in [0.25, 0.3) is 16.5 Å². The summed E-state index contributed by atoms with van der Waals surface area (Å²) in [5.74, 6) is -0.392. The SMILES string of the molecule is [B]c1cc(C)c2[nH]c(O)c(C3=c4ccccc4=NC3=O)c2c1. The summed E-state index contributed by atoms with van der Waals surface area (Å²) in [5, 5.41) is 12.4. The monoisotopic (exact) mass is 286 g/mol. The van der Waals surface area contributed by atoms with E-state index in [1.807, 2.05) is 31.2 Å². The van der Waals surface area contributed by atoms with Gasteiger partial charge in [-0.05, 0) is 18.6 Å². The van der Waals surface area contributed by atoms with E-state index in [0.717, 1.165) is 21.7 Å². The molecule has 2 aromatic carbocycles. The van der Waals surface area contributed by atoms with Crippen LogP contribution < -0.4 is 16.0 Å². The number of aromatic amines is 1. The maximum Gasteiger partial charge on any atom is 0.279 e. The number of aromatic hydroxyl groups is 1. The number of nitrogens with zero attached hydrogens (tertiary/aromatic N) is 1. The number of aryl methyl sites for hydroxylation is 1. The molecule has 0 spiro atoms. The molecule has 0 unspecified atom stereocenters. The van der Waals surface area contributed by atoms with E-state index in [0.29, 0.717) is 22.0 Å². The van der Waals surface area contributed by atoms with Crippen molar-refractivity contribution < 1.29 is 9.90 Å². The molecule has 0 saturated carbocycles. The molecular formula is C17H11BN2O2. The second-order valence-electron chi connectivity index (χ2n) is 5.42. The summed E-state index contributed by atoms with van der Waals surface area (Å²) in [6, 6.07) is 10.9. The number of amides is 1. The van der Waals surface area contributed by atoms with E-state index in [1.54, 1.807) is 12.1 Å². The predicted octanol–water partition coefficient (Wildman–Crippen LogP) is 0.335. The molecule has 4 nitrogen and oxygen atoms in total. The van der Waals surface area contributed by atoms with Crippen LogP contribution in [0, 0.1) is 6.92 Å². The summed E-state index contributed by atoms with van der Waals surface area (Å²) in [6.45, 7) is 1.90. The van der Waals surface area contributed by atoms with Crippen LogP contribution in [-0.2, 0) is 4.79 Å². The number of rotatable bonds is 1. The zero-order chi connectivity index (χ0) is 15.4. The summed E-state index contributed by atoms with van der Waals surface area (Å²) in [5.41, 5.74) is 3.13. The topological polar surface area (TPSA) is 65.4 Å². The minimum atomic E-state index is -0.350. The number of carbonyl (C=O) groups excluding carboxylic acids is 1. The number of carbonyl (C=O) groups is 1. The van der Waals surface area contributed by atoms with E-state index < -0.39 is 0 Å². The van der Waals surface area contributed by atoms with Crippen molar-refractivity contribution in [1.29, 1.82) is 0 Å². The van der Waals surface area contributed by atoms with Crippen molar-refractivity contribution in [1.82, 2.24) is 4.98 Å². The zero-order valence-electron chi connectivity index (χ0n) is 11.8. The largest absolute Gasteiger partial charge is 0.494 e. The number of hydrogen-bond donors (Lipinski definition) is 2. The van der Waals surface area contributed by atoms with Crippen LogP contribution in [-0.4, -0.2) is 23.8 Å². The minimum absolute atomic E-state index is 0.0426. The molecule has 1 aliphatic rings. The van der Waals surface area contributed by atoms with Gasteiger partial charge in [0.05, 0.1) is 22.0 Å². The molecule has 0 fully saturated rings. The van der Waals surface area contributed by atoms with E-state index in [9.17, 15) is 9.90 Å². The van der Waals surface area contributed by atoms with Gasteiger partial charge in [0.25, 0.3) is 5.91 Å². The molecule has 1 amide bonds. The Kier molecular flexibility index (Phi) is 2.54. The molecule has 1 aromatic heterocycles. The fourth-order valence-corrected chi connectivity index (χ4v) is 3.04. The summed E-state index contributed by atoms with van der Waals surface area (Å²) >= 11 is 0. The molecule has 0 bridgehead atoms. The molecule has 0 atom stereocenters. The van der Waals surface area contributed by atoms with Crippen LogP contribution in [0.3, 0.4) is 0 Å². The Morgan fingerprint density at radius 1 is 1.23 bits per heavy atom. The van der Waals surface area contributed by atoms with Gasteiger partial charge in [-0.1, -0.05) is 35.8 Å². The van der Waals surface area contributed by atoms with Crippen molar-refractivity contribution in [3.8, 4) is 5.88 Å². The Balaban J connectivity index is 2.19. The number of aromatic nitrogens is 1. The van der Waals surface area contributed by atoms with Gasteiger partial charge < -0.3 is 10.1 Å². The van der Waals surface area contributed by atoms with E-state index in [4.69, 9.17) is 7.85 Å². The molecule has 2 heterocycles. The highest BCUT2D eigenvalue weighted by Gasteiger charge is 2.25. The van der Waals surface area contributed by atoms with Gasteiger partial charge in [0.15, 0.2) is 5.88 Å². The third kappa shape index (κ3) is 1.65. The van der Waals surface area contributed by atoms with Gasteiger partial charge in [0.2, 0.25) is 0 Å². The summed E-state index contributed by atoms with van der Waals surface area (Å²) in [4.78, 5) is 19.3. The number of para-hydroxylation sites is 1. The smallest absolute Gasteiger partial charge is 0.279 e. The number of benzene rings is 2. The molecule has 1 aliphatic heterocycles. The van der Waals surface area contributed by atoms with Crippen LogP contribution in [0.5, 0.6) is 5.88 Å². The number of nitrogens with one attached hydrogen (secondary N) is 1. The van der Waals surface area contributed by atoms with Crippen LogP contribution in [0.2, 0.25) is 0 Å². The van der Waals surface area contributed by atoms with Gasteiger partial charge in [-0.3, -0.25) is 4.79 Å². The predicted molar refractivity (Wildman–Crippen MR) is 84.8 cm³/mol. The quantitative estimate of drug-likeness (QED) is 0.633. The van der Waals surface area contributed by atoms with Crippen molar-refractivity contribution >= 4 is 35.7 Å². The highest BCUT2D eigenvalue weighted by Crippen LogP contribution is 2.33. The van der Waals surface area contributed by atoms with Gasteiger partial charge in [-0.15, -0.1) is 0 Å². The van der Waals surface area contributed by atoms with Gasteiger partial charge in [-0.25, -0.2) is 4.99 Å². The first-order chi connectivity index (χ1) is 10.6. The summed E-state index contributed by atoms with van der Waals surface area (Å²) in [6.07, 6.45) is 0. The van der Waals surface area contributed by atoms with Gasteiger partial charge in [0, 0.05) is 10.6 Å². The lowest BCUT2D eigenvalue weighted by Gasteiger charge is -2.02. The van der Waals surface area contributed by atoms with Crippen molar-refractivity contribution in [3.05, 3.63) is 58.1 Å². The van der Waals surface area contributed by atoms with E-state index in [1.165, 1.54) is 0 Å². The van der Waals surface area contributed by atoms with E-state index in [2.05, 4.69) is 9.98 Å². The lowest BCUT2D eigenvalue weighted by atomic mass is 9.91. The van der Waals surface area contributed by atoms with Gasteiger partial charge >= 0.3 is 0 Å². The van der Waals surface area contributed by atoms with Crippen LogP contribution in [0.1, 0.15) is 11.1 Å². The highest BCUT2D eigenvalue weighted by molar-refractivity contribution is 6.34. The molecule has 0 saturated heterocycles. The molecular weight excluding hydrogens is 275 g/mol. The molecule has 2 N–H and O–H groups in total. The molecule has 0 aliphatic carbocycles. The van der Waals surface area contributed by atoms with Crippen LogP contribution >= 0.6 is 0 Å². The first-order valence-electron chi connectivity index (χ1n) is 6.90. The maximum atomic E-state index is 12.3. The molecule has 104 valence electrons.